The second-order valence-electron chi connectivity index (χ2n) is 6.14. The predicted molar refractivity (Wildman–Crippen MR) is 104 cm³/mol. The Morgan fingerprint density at radius 1 is 0.654 bits per heavy atom. The van der Waals surface area contributed by atoms with E-state index in [1.165, 1.54) is 58.8 Å². The van der Waals surface area contributed by atoms with E-state index in [1.807, 2.05) is 0 Å². The lowest BCUT2D eigenvalue weighted by molar-refractivity contribution is -0.137. The molecular formula is C20H36O6. The predicted octanol–water partition coefficient (Wildman–Crippen LogP) is 5.29. The summed E-state index contributed by atoms with van der Waals surface area (Å²) in [6, 6.07) is 0. The molecule has 26 heavy (non-hydrogen) atoms. The van der Waals surface area contributed by atoms with Crippen molar-refractivity contribution >= 4 is 17.9 Å². The highest BCUT2D eigenvalue weighted by molar-refractivity contribution is 5.85. The van der Waals surface area contributed by atoms with Crippen LogP contribution in [0.5, 0.6) is 0 Å². The van der Waals surface area contributed by atoms with Gasteiger partial charge in [0.2, 0.25) is 0 Å². The van der Waals surface area contributed by atoms with Crippen molar-refractivity contribution in [1.82, 2.24) is 0 Å². The minimum absolute atomic E-state index is 0.176. The molecule has 0 aromatic heterocycles. The highest BCUT2D eigenvalue weighted by atomic mass is 16.4. The lowest BCUT2D eigenvalue weighted by Gasteiger charge is -2.00. The summed E-state index contributed by atoms with van der Waals surface area (Å²) in [4.78, 5) is 29.4. The van der Waals surface area contributed by atoms with E-state index in [0.29, 0.717) is 6.42 Å². The van der Waals surface area contributed by atoms with Gasteiger partial charge in [-0.3, -0.25) is 4.79 Å². The molecular weight excluding hydrogens is 336 g/mol. The molecule has 0 aliphatic rings. The molecule has 0 bridgehead atoms. The Morgan fingerprint density at radius 2 is 0.923 bits per heavy atom. The largest absolute Gasteiger partial charge is 0.481 e. The minimum Gasteiger partial charge on any atom is -0.481 e. The number of rotatable bonds is 12. The molecule has 0 heterocycles. The second-order valence-corrected chi connectivity index (χ2v) is 6.14. The van der Waals surface area contributed by atoms with E-state index >= 15 is 0 Å². The summed E-state index contributed by atoms with van der Waals surface area (Å²) in [7, 11) is 0. The topological polar surface area (TPSA) is 112 Å². The van der Waals surface area contributed by atoms with Gasteiger partial charge in [-0.2, -0.15) is 0 Å². The van der Waals surface area contributed by atoms with Gasteiger partial charge in [0.05, 0.1) is 0 Å². The van der Waals surface area contributed by atoms with Crippen LogP contribution in [0, 0.1) is 0 Å². The Morgan fingerprint density at radius 3 is 1.15 bits per heavy atom. The van der Waals surface area contributed by atoms with Gasteiger partial charge in [-0.15, -0.1) is 0 Å². The number of unbranched alkanes of at least 4 members (excludes halogenated alkanes) is 8. The van der Waals surface area contributed by atoms with Crippen molar-refractivity contribution in [2.24, 2.45) is 0 Å². The van der Waals surface area contributed by atoms with Crippen molar-refractivity contribution in [2.75, 3.05) is 0 Å². The summed E-state index contributed by atoms with van der Waals surface area (Å²) in [5.74, 6) is -2.53. The third-order valence-corrected chi connectivity index (χ3v) is 3.22. The summed E-state index contributed by atoms with van der Waals surface area (Å²) in [6.45, 7) is 11.4. The number of hydrogen-bond donors (Lipinski definition) is 3. The van der Waals surface area contributed by atoms with E-state index < -0.39 is 17.9 Å². The van der Waals surface area contributed by atoms with Crippen molar-refractivity contribution in [3.05, 3.63) is 24.3 Å². The van der Waals surface area contributed by atoms with Gasteiger partial charge in [-0.25, -0.2) is 9.59 Å². The fraction of sp³-hybridized carbons (Fsp3) is 0.650. The standard InChI is InChI=1S/C12H24O2.2C4H6O2/c1-2-3-4-5-6-7-8-9-10-11-12(13)14;2*1-3(2)4(5)6/h2-11H2,1H3,(H,13,14);2*1H2,2H3,(H,5,6). The zero-order valence-corrected chi connectivity index (χ0v) is 16.6. The van der Waals surface area contributed by atoms with Gasteiger partial charge in [0.25, 0.3) is 0 Å². The zero-order valence-electron chi connectivity index (χ0n) is 16.6. The van der Waals surface area contributed by atoms with Gasteiger partial charge >= 0.3 is 17.9 Å². The number of carboxylic acid groups (broad SMARTS) is 3. The van der Waals surface area contributed by atoms with Gasteiger partial charge in [-0.05, 0) is 20.3 Å². The maximum Gasteiger partial charge on any atom is 0.330 e. The normalized spacial score (nSPS) is 9.04. The van der Waals surface area contributed by atoms with E-state index in [4.69, 9.17) is 15.3 Å². The molecule has 0 radical (unpaired) electrons. The van der Waals surface area contributed by atoms with E-state index in [1.54, 1.807) is 0 Å². The molecule has 0 amide bonds. The summed E-state index contributed by atoms with van der Waals surface area (Å²) >= 11 is 0. The van der Waals surface area contributed by atoms with Gasteiger partial charge in [0, 0.05) is 17.6 Å². The van der Waals surface area contributed by atoms with Crippen LogP contribution in [-0.2, 0) is 14.4 Å². The molecule has 6 nitrogen and oxygen atoms in total. The van der Waals surface area contributed by atoms with Crippen molar-refractivity contribution in [1.29, 1.82) is 0 Å². The molecule has 0 aliphatic carbocycles. The van der Waals surface area contributed by atoms with Crippen LogP contribution in [0.4, 0.5) is 0 Å². The summed E-state index contributed by atoms with van der Waals surface area (Å²) in [5.41, 5.74) is 0.352. The van der Waals surface area contributed by atoms with Gasteiger partial charge in [0.15, 0.2) is 0 Å². The van der Waals surface area contributed by atoms with E-state index in [-0.39, 0.29) is 11.1 Å². The molecule has 0 saturated heterocycles. The van der Waals surface area contributed by atoms with E-state index in [2.05, 4.69) is 20.1 Å². The molecule has 152 valence electrons. The maximum atomic E-state index is 10.2. The Kier molecular flexibility index (Phi) is 23.1. The Labute approximate surface area is 157 Å². The van der Waals surface area contributed by atoms with Crippen LogP contribution in [-0.4, -0.2) is 33.2 Å². The first kappa shape index (κ1) is 28.7. The monoisotopic (exact) mass is 372 g/mol. The Bertz CT molecular complexity index is 378. The Balaban J connectivity index is -0.000000364. The minimum atomic E-state index is -0.935. The average Bonchev–Trinajstić information content (AvgIpc) is 2.54. The van der Waals surface area contributed by atoms with Crippen LogP contribution in [0.15, 0.2) is 24.3 Å². The van der Waals surface area contributed by atoms with Crippen LogP contribution < -0.4 is 0 Å². The molecule has 0 aromatic carbocycles. The fourth-order valence-electron chi connectivity index (χ4n) is 1.59. The van der Waals surface area contributed by atoms with Crippen LogP contribution in [0.1, 0.15) is 85.0 Å². The zero-order chi connectivity index (χ0) is 21.0. The third-order valence-electron chi connectivity index (χ3n) is 3.22. The number of carboxylic acids is 3. The second kappa shape index (κ2) is 20.9. The molecule has 0 aliphatic heterocycles. The van der Waals surface area contributed by atoms with Crippen LogP contribution in [0.2, 0.25) is 0 Å². The number of aliphatic carboxylic acids is 3. The quantitative estimate of drug-likeness (QED) is 0.317. The van der Waals surface area contributed by atoms with Crippen molar-refractivity contribution in [3.63, 3.8) is 0 Å². The molecule has 0 aromatic rings. The molecule has 0 fully saturated rings. The van der Waals surface area contributed by atoms with Crippen LogP contribution >= 0.6 is 0 Å². The summed E-state index contributed by atoms with van der Waals surface area (Å²) in [5, 5.41) is 24.2. The first-order valence-corrected chi connectivity index (χ1v) is 9.05. The molecule has 3 N–H and O–H groups in total. The first-order valence-electron chi connectivity index (χ1n) is 9.05. The van der Waals surface area contributed by atoms with Crippen molar-refractivity contribution in [2.45, 2.75) is 85.0 Å². The average molecular weight is 373 g/mol. The van der Waals surface area contributed by atoms with Crippen molar-refractivity contribution < 1.29 is 29.7 Å². The summed E-state index contributed by atoms with van der Waals surface area (Å²) < 4.78 is 0. The van der Waals surface area contributed by atoms with Gasteiger partial charge < -0.3 is 15.3 Å². The molecule has 0 rings (SSSR count). The smallest absolute Gasteiger partial charge is 0.330 e. The SMILES string of the molecule is C=C(C)C(=O)O.C=C(C)C(=O)O.CCCCCCCCCCCC(=O)O. The van der Waals surface area contributed by atoms with Crippen LogP contribution in [0.3, 0.4) is 0 Å². The molecule has 6 heteroatoms. The number of carbonyl (C=O) groups is 3. The van der Waals surface area contributed by atoms with Gasteiger partial charge in [-0.1, -0.05) is 71.4 Å². The summed E-state index contributed by atoms with van der Waals surface area (Å²) in [6.07, 6.45) is 11.5. The highest BCUT2D eigenvalue weighted by Gasteiger charge is 1.96. The Hall–Kier alpha value is -2.11. The molecule has 0 saturated carbocycles. The number of hydrogen-bond acceptors (Lipinski definition) is 3. The highest BCUT2D eigenvalue weighted by Crippen LogP contribution is 2.10. The first-order chi connectivity index (χ1) is 12.1. The van der Waals surface area contributed by atoms with Crippen LogP contribution in [0.25, 0.3) is 0 Å². The van der Waals surface area contributed by atoms with Crippen molar-refractivity contribution in [3.8, 4) is 0 Å². The van der Waals surface area contributed by atoms with E-state index in [9.17, 15) is 14.4 Å². The lowest BCUT2D eigenvalue weighted by Crippen LogP contribution is -1.93. The van der Waals surface area contributed by atoms with E-state index in [0.717, 1.165) is 12.8 Å². The lowest BCUT2D eigenvalue weighted by atomic mass is 10.1. The molecule has 0 unspecified atom stereocenters. The maximum absolute atomic E-state index is 10.2. The van der Waals surface area contributed by atoms with Gasteiger partial charge in [0.1, 0.15) is 0 Å². The fourth-order valence-corrected chi connectivity index (χ4v) is 1.59. The molecule has 0 spiro atoms. The molecule has 0 atom stereocenters. The third kappa shape index (κ3) is 33.5.